The van der Waals surface area contributed by atoms with E-state index in [0.29, 0.717) is 5.92 Å². The Morgan fingerprint density at radius 1 is 1.31 bits per heavy atom. The maximum atomic E-state index is 4.59. The molecule has 9 heteroatoms. The highest BCUT2D eigenvalue weighted by Crippen LogP contribution is 2.19. The summed E-state index contributed by atoms with van der Waals surface area (Å²) >= 11 is 3.55. The molecule has 0 bridgehead atoms. The summed E-state index contributed by atoms with van der Waals surface area (Å²) in [5, 5.41) is 11.5. The van der Waals surface area contributed by atoms with Crippen LogP contribution < -0.4 is 10.6 Å². The van der Waals surface area contributed by atoms with E-state index < -0.39 is 0 Å². The van der Waals surface area contributed by atoms with Crippen LogP contribution >= 0.6 is 46.7 Å². The van der Waals surface area contributed by atoms with E-state index in [9.17, 15) is 0 Å². The zero-order chi connectivity index (χ0) is 19.8. The second-order valence-electron chi connectivity index (χ2n) is 7.28. The topological polar surface area (TPSA) is 65.4 Å². The molecule has 0 spiro atoms. The third kappa shape index (κ3) is 8.10. The molecular weight excluding hydrogens is 515 g/mol. The summed E-state index contributed by atoms with van der Waals surface area (Å²) in [6.45, 7) is 9.39. The predicted molar refractivity (Wildman–Crippen MR) is 135 cm³/mol. The van der Waals surface area contributed by atoms with E-state index in [2.05, 4.69) is 49.7 Å². The van der Waals surface area contributed by atoms with Gasteiger partial charge in [-0.3, -0.25) is 9.89 Å². The van der Waals surface area contributed by atoms with Crippen LogP contribution in [0.2, 0.25) is 0 Å². The number of likely N-dealkylation sites (tertiary alicyclic amines) is 1. The summed E-state index contributed by atoms with van der Waals surface area (Å²) in [6.07, 6.45) is 6.46. The second-order valence-corrected chi connectivity index (χ2v) is 9.54. The predicted octanol–water partition coefficient (Wildman–Crippen LogP) is 3.71. The van der Waals surface area contributed by atoms with Crippen molar-refractivity contribution in [2.24, 2.45) is 10.9 Å². The number of guanidine groups is 1. The summed E-state index contributed by atoms with van der Waals surface area (Å²) in [5.41, 5.74) is 1.22. The molecule has 162 valence electrons. The highest BCUT2D eigenvalue weighted by molar-refractivity contribution is 14.0. The smallest absolute Gasteiger partial charge is 0.190 e. The SMILES string of the molecule is CCc1cnc(CCNC(=NC)NCC2CCN(Cc3csc(C)n3)CC2)s1.I. The quantitative estimate of drug-likeness (QED) is 0.299. The van der Waals surface area contributed by atoms with Gasteiger partial charge in [-0.05, 0) is 45.2 Å². The number of thiazole rings is 2. The molecule has 0 radical (unpaired) electrons. The molecule has 3 rings (SSSR count). The van der Waals surface area contributed by atoms with Gasteiger partial charge in [0.2, 0.25) is 0 Å². The van der Waals surface area contributed by atoms with Gasteiger partial charge in [0.05, 0.1) is 15.7 Å². The molecule has 0 saturated carbocycles. The third-order valence-electron chi connectivity index (χ3n) is 5.12. The fourth-order valence-corrected chi connectivity index (χ4v) is 4.90. The first kappa shape index (κ1) is 24.5. The van der Waals surface area contributed by atoms with Crippen LogP contribution in [0.5, 0.6) is 0 Å². The monoisotopic (exact) mass is 548 g/mol. The average molecular weight is 549 g/mol. The van der Waals surface area contributed by atoms with Crippen molar-refractivity contribution in [1.82, 2.24) is 25.5 Å². The van der Waals surface area contributed by atoms with E-state index in [1.165, 1.54) is 28.4 Å². The molecule has 2 aromatic rings. The normalized spacial score (nSPS) is 15.9. The summed E-state index contributed by atoms with van der Waals surface area (Å²) in [4.78, 5) is 17.3. The first-order chi connectivity index (χ1) is 13.7. The highest BCUT2D eigenvalue weighted by Gasteiger charge is 2.20. The summed E-state index contributed by atoms with van der Waals surface area (Å²) in [6, 6.07) is 0. The van der Waals surface area contributed by atoms with Gasteiger partial charge in [0.1, 0.15) is 0 Å². The Morgan fingerprint density at radius 2 is 2.10 bits per heavy atom. The lowest BCUT2D eigenvalue weighted by Gasteiger charge is -2.31. The Bertz CT molecular complexity index is 752. The van der Waals surface area contributed by atoms with Crippen LogP contribution in [0.1, 0.15) is 40.4 Å². The van der Waals surface area contributed by atoms with Crippen molar-refractivity contribution in [3.63, 3.8) is 0 Å². The number of aliphatic imine (C=N–C) groups is 1. The van der Waals surface area contributed by atoms with Crippen LogP contribution in [0, 0.1) is 12.8 Å². The van der Waals surface area contributed by atoms with E-state index >= 15 is 0 Å². The average Bonchev–Trinajstić information content (AvgIpc) is 3.34. The number of hydrogen-bond donors (Lipinski definition) is 2. The fourth-order valence-electron chi connectivity index (χ4n) is 3.44. The first-order valence-electron chi connectivity index (χ1n) is 10.2. The van der Waals surface area contributed by atoms with Gasteiger partial charge in [0.25, 0.3) is 0 Å². The van der Waals surface area contributed by atoms with Gasteiger partial charge in [-0.25, -0.2) is 9.97 Å². The molecule has 2 N–H and O–H groups in total. The van der Waals surface area contributed by atoms with Crippen LogP contribution in [-0.2, 0) is 19.4 Å². The van der Waals surface area contributed by atoms with Gasteiger partial charge in [0.15, 0.2) is 5.96 Å². The molecule has 1 aliphatic heterocycles. The van der Waals surface area contributed by atoms with Gasteiger partial charge >= 0.3 is 0 Å². The Hall–Kier alpha value is -0.780. The van der Waals surface area contributed by atoms with Crippen molar-refractivity contribution >= 4 is 52.6 Å². The van der Waals surface area contributed by atoms with Crippen LogP contribution in [-0.4, -0.2) is 54.1 Å². The lowest BCUT2D eigenvalue weighted by atomic mass is 9.97. The molecular formula is C20H33IN6S2. The highest BCUT2D eigenvalue weighted by atomic mass is 127. The zero-order valence-corrected chi connectivity index (χ0v) is 21.6. The number of aromatic nitrogens is 2. The Kier molecular flexibility index (Phi) is 10.8. The molecule has 1 aliphatic rings. The maximum Gasteiger partial charge on any atom is 0.190 e. The number of piperidine rings is 1. The van der Waals surface area contributed by atoms with Crippen LogP contribution in [0.25, 0.3) is 0 Å². The molecule has 29 heavy (non-hydrogen) atoms. The minimum atomic E-state index is 0. The van der Waals surface area contributed by atoms with Gasteiger partial charge in [0, 0.05) is 49.6 Å². The van der Waals surface area contributed by atoms with Crippen molar-refractivity contribution in [1.29, 1.82) is 0 Å². The molecule has 0 unspecified atom stereocenters. The Balaban J connectivity index is 0.00000300. The van der Waals surface area contributed by atoms with Gasteiger partial charge in [-0.1, -0.05) is 6.92 Å². The molecule has 0 aliphatic carbocycles. The molecule has 2 aromatic heterocycles. The lowest BCUT2D eigenvalue weighted by molar-refractivity contribution is 0.176. The van der Waals surface area contributed by atoms with E-state index in [1.54, 1.807) is 11.3 Å². The van der Waals surface area contributed by atoms with E-state index in [0.717, 1.165) is 56.5 Å². The molecule has 0 aromatic carbocycles. The number of hydrogen-bond acceptors (Lipinski definition) is 6. The van der Waals surface area contributed by atoms with Gasteiger partial charge < -0.3 is 10.6 Å². The second kappa shape index (κ2) is 12.8. The fraction of sp³-hybridized carbons (Fsp3) is 0.650. The maximum absolute atomic E-state index is 4.59. The van der Waals surface area contributed by atoms with Crippen molar-refractivity contribution in [3.05, 3.63) is 32.2 Å². The Morgan fingerprint density at radius 3 is 2.72 bits per heavy atom. The van der Waals surface area contributed by atoms with Gasteiger partial charge in [-0.2, -0.15) is 0 Å². The van der Waals surface area contributed by atoms with Gasteiger partial charge in [-0.15, -0.1) is 46.7 Å². The number of nitrogens with zero attached hydrogens (tertiary/aromatic N) is 4. The lowest BCUT2D eigenvalue weighted by Crippen LogP contribution is -2.43. The molecule has 0 amide bonds. The van der Waals surface area contributed by atoms with Crippen LogP contribution in [0.15, 0.2) is 16.6 Å². The van der Waals surface area contributed by atoms with Crippen LogP contribution in [0.3, 0.4) is 0 Å². The van der Waals surface area contributed by atoms with E-state index in [4.69, 9.17) is 0 Å². The first-order valence-corrected chi connectivity index (χ1v) is 11.9. The van der Waals surface area contributed by atoms with E-state index in [1.807, 2.05) is 24.6 Å². The van der Waals surface area contributed by atoms with Crippen molar-refractivity contribution in [3.8, 4) is 0 Å². The Labute approximate surface area is 199 Å². The molecule has 3 heterocycles. The number of rotatable bonds is 8. The standard InChI is InChI=1S/C20H32N6S2.HI/c1-4-18-12-23-19(28-18)5-8-22-20(21-3)24-11-16-6-9-26(10-7-16)13-17-14-27-15(2)25-17;/h12,14,16H,4-11,13H2,1-3H3,(H2,21,22,24);1H. The van der Waals surface area contributed by atoms with Crippen molar-refractivity contribution < 1.29 is 0 Å². The summed E-state index contributed by atoms with van der Waals surface area (Å²) in [5.74, 6) is 1.60. The van der Waals surface area contributed by atoms with Crippen molar-refractivity contribution in [2.45, 2.75) is 46.1 Å². The number of halogens is 1. The minimum absolute atomic E-state index is 0. The summed E-state index contributed by atoms with van der Waals surface area (Å²) in [7, 11) is 1.84. The molecule has 6 nitrogen and oxygen atoms in total. The van der Waals surface area contributed by atoms with Crippen LogP contribution in [0.4, 0.5) is 0 Å². The minimum Gasteiger partial charge on any atom is -0.356 e. The number of nitrogens with one attached hydrogen (secondary N) is 2. The van der Waals surface area contributed by atoms with E-state index in [-0.39, 0.29) is 24.0 Å². The third-order valence-corrected chi connectivity index (χ3v) is 7.15. The number of aryl methyl sites for hydroxylation is 2. The zero-order valence-electron chi connectivity index (χ0n) is 17.6. The molecule has 1 saturated heterocycles. The largest absolute Gasteiger partial charge is 0.356 e. The summed E-state index contributed by atoms with van der Waals surface area (Å²) < 4.78 is 0. The molecule has 1 fully saturated rings. The molecule has 0 atom stereocenters. The van der Waals surface area contributed by atoms with Crippen molar-refractivity contribution in [2.75, 3.05) is 33.2 Å².